The summed E-state index contributed by atoms with van der Waals surface area (Å²) in [6.45, 7) is 4.27. The first-order valence-electron chi connectivity index (χ1n) is 10.3. The number of carbonyl (C=O) groups is 1. The minimum atomic E-state index is -0.216. The highest BCUT2D eigenvalue weighted by atomic mass is 32.2. The molecule has 3 aromatic heterocycles. The highest BCUT2D eigenvalue weighted by molar-refractivity contribution is 7.99. The van der Waals surface area contributed by atoms with Crippen LogP contribution >= 0.6 is 11.8 Å². The number of rotatable bonds is 7. The van der Waals surface area contributed by atoms with Gasteiger partial charge < -0.3 is 14.3 Å². The third kappa shape index (κ3) is 4.64. The number of nitriles is 1. The van der Waals surface area contributed by atoms with Crippen molar-refractivity contribution in [1.29, 1.82) is 5.26 Å². The van der Waals surface area contributed by atoms with Crippen molar-refractivity contribution in [2.45, 2.75) is 63.8 Å². The van der Waals surface area contributed by atoms with Crippen LogP contribution in [0.5, 0.6) is 0 Å². The van der Waals surface area contributed by atoms with Crippen molar-refractivity contribution in [3.63, 3.8) is 0 Å². The number of hydrogen-bond acceptors (Lipinski definition) is 8. The van der Waals surface area contributed by atoms with Crippen molar-refractivity contribution in [3.8, 4) is 6.07 Å². The first kappa shape index (κ1) is 21.1. The Balaban J connectivity index is 1.43. The Morgan fingerprint density at radius 2 is 2.13 bits per heavy atom. The van der Waals surface area contributed by atoms with Gasteiger partial charge in [-0.3, -0.25) is 4.79 Å². The van der Waals surface area contributed by atoms with E-state index in [0.717, 1.165) is 35.9 Å². The molecule has 1 aliphatic rings. The predicted molar refractivity (Wildman–Crippen MR) is 114 cm³/mol. The molecule has 1 N–H and O–H groups in total. The maximum absolute atomic E-state index is 12.7. The second-order valence-corrected chi connectivity index (χ2v) is 8.53. The van der Waals surface area contributed by atoms with E-state index in [-0.39, 0.29) is 11.7 Å². The van der Waals surface area contributed by atoms with Crippen LogP contribution in [0.15, 0.2) is 22.3 Å². The molecule has 1 amide bonds. The number of nitrogens with zero attached hydrogens (tertiary/aromatic N) is 7. The smallest absolute Gasteiger partial charge is 0.277 e. The molecule has 1 aliphatic carbocycles. The summed E-state index contributed by atoms with van der Waals surface area (Å²) < 4.78 is 9.28. The standard InChI is InChI=1S/C20H24N8O2S/c1-13-14(2)28(15-6-4-3-5-7-15)19(16(13)8-21)24-17(29)10-31-20-26-25-18(30-20)9-27-12-22-11-23-27/h11-12,15H,3-7,9-10H2,1-2H3,(H,24,29). The highest BCUT2D eigenvalue weighted by Gasteiger charge is 2.26. The summed E-state index contributed by atoms with van der Waals surface area (Å²) in [5.41, 5.74) is 2.50. The Labute approximate surface area is 184 Å². The number of carbonyl (C=O) groups excluding carboxylic acids is 1. The Morgan fingerprint density at radius 3 is 2.84 bits per heavy atom. The Morgan fingerprint density at radius 1 is 1.32 bits per heavy atom. The van der Waals surface area contributed by atoms with Gasteiger partial charge in [-0.15, -0.1) is 10.2 Å². The zero-order valence-corrected chi connectivity index (χ0v) is 18.4. The number of aromatic nitrogens is 6. The summed E-state index contributed by atoms with van der Waals surface area (Å²) in [5, 5.41) is 24.9. The van der Waals surface area contributed by atoms with Gasteiger partial charge in [0.1, 0.15) is 31.1 Å². The number of anilines is 1. The van der Waals surface area contributed by atoms with Crippen LogP contribution in [0.2, 0.25) is 0 Å². The largest absolute Gasteiger partial charge is 0.414 e. The molecular formula is C20H24N8O2S. The second-order valence-electron chi connectivity index (χ2n) is 7.60. The first-order valence-corrected chi connectivity index (χ1v) is 11.2. The van der Waals surface area contributed by atoms with E-state index in [1.54, 1.807) is 11.0 Å². The van der Waals surface area contributed by atoms with Crippen LogP contribution in [-0.4, -0.2) is 41.2 Å². The molecule has 162 valence electrons. The molecule has 0 radical (unpaired) electrons. The van der Waals surface area contributed by atoms with Gasteiger partial charge in [-0.2, -0.15) is 10.4 Å². The normalized spacial score (nSPS) is 14.5. The van der Waals surface area contributed by atoms with Gasteiger partial charge >= 0.3 is 0 Å². The lowest BCUT2D eigenvalue weighted by molar-refractivity contribution is -0.113. The fourth-order valence-corrected chi connectivity index (χ4v) is 4.57. The molecule has 0 atom stereocenters. The molecule has 4 rings (SSSR count). The van der Waals surface area contributed by atoms with E-state index in [1.165, 1.54) is 25.6 Å². The topological polar surface area (TPSA) is 127 Å². The van der Waals surface area contributed by atoms with Crippen LogP contribution < -0.4 is 5.32 Å². The van der Waals surface area contributed by atoms with Crippen molar-refractivity contribution in [2.75, 3.05) is 11.1 Å². The average Bonchev–Trinajstić information content (AvgIpc) is 3.50. The summed E-state index contributed by atoms with van der Waals surface area (Å²) in [6.07, 6.45) is 8.69. The third-order valence-corrected chi connectivity index (χ3v) is 6.42. The SMILES string of the molecule is Cc1c(C#N)c(NC(=O)CSc2nnc(Cn3cncn3)o2)n(C2CCCCC2)c1C. The molecule has 3 heterocycles. The van der Waals surface area contributed by atoms with Crippen LogP contribution in [0, 0.1) is 25.2 Å². The summed E-state index contributed by atoms with van der Waals surface area (Å²) >= 11 is 1.16. The van der Waals surface area contributed by atoms with Crippen molar-refractivity contribution in [3.05, 3.63) is 35.4 Å². The van der Waals surface area contributed by atoms with Crippen LogP contribution in [0.25, 0.3) is 0 Å². The van der Waals surface area contributed by atoms with Crippen molar-refractivity contribution < 1.29 is 9.21 Å². The van der Waals surface area contributed by atoms with Crippen molar-refractivity contribution >= 4 is 23.5 Å². The zero-order valence-electron chi connectivity index (χ0n) is 17.5. The number of thioether (sulfide) groups is 1. The fourth-order valence-electron chi connectivity index (χ4n) is 3.99. The minimum absolute atomic E-state index is 0.101. The molecule has 1 fully saturated rings. The summed E-state index contributed by atoms with van der Waals surface area (Å²) in [5.74, 6) is 0.876. The summed E-state index contributed by atoms with van der Waals surface area (Å²) in [4.78, 5) is 16.6. The zero-order chi connectivity index (χ0) is 21.8. The summed E-state index contributed by atoms with van der Waals surface area (Å²) in [6, 6.07) is 2.58. The summed E-state index contributed by atoms with van der Waals surface area (Å²) in [7, 11) is 0. The lowest BCUT2D eigenvalue weighted by Crippen LogP contribution is -2.21. The quantitative estimate of drug-likeness (QED) is 0.555. The molecule has 0 aromatic carbocycles. The molecule has 31 heavy (non-hydrogen) atoms. The van der Waals surface area contributed by atoms with Gasteiger partial charge in [-0.1, -0.05) is 31.0 Å². The Hall–Kier alpha value is -3.13. The predicted octanol–water partition coefficient (Wildman–Crippen LogP) is 3.24. The van der Waals surface area contributed by atoms with E-state index >= 15 is 0 Å². The molecular weight excluding hydrogens is 416 g/mol. The highest BCUT2D eigenvalue weighted by Crippen LogP contribution is 2.36. The Bertz CT molecular complexity index is 1090. The van der Waals surface area contributed by atoms with Crippen LogP contribution in [0.1, 0.15) is 60.9 Å². The molecule has 0 saturated heterocycles. The molecule has 11 heteroatoms. The second kappa shape index (κ2) is 9.34. The number of hydrogen-bond donors (Lipinski definition) is 1. The lowest BCUT2D eigenvalue weighted by Gasteiger charge is -2.27. The lowest BCUT2D eigenvalue weighted by atomic mass is 9.95. The van der Waals surface area contributed by atoms with E-state index < -0.39 is 0 Å². The monoisotopic (exact) mass is 440 g/mol. The van der Waals surface area contributed by atoms with Crippen LogP contribution in [-0.2, 0) is 11.3 Å². The average molecular weight is 441 g/mol. The van der Waals surface area contributed by atoms with E-state index in [0.29, 0.717) is 35.1 Å². The van der Waals surface area contributed by atoms with Crippen molar-refractivity contribution in [2.24, 2.45) is 0 Å². The number of nitrogens with one attached hydrogen (secondary N) is 1. The first-order chi connectivity index (χ1) is 15.1. The van der Waals surface area contributed by atoms with Gasteiger partial charge in [-0.05, 0) is 32.3 Å². The maximum atomic E-state index is 12.7. The van der Waals surface area contributed by atoms with E-state index in [4.69, 9.17) is 4.42 Å². The molecule has 1 saturated carbocycles. The van der Waals surface area contributed by atoms with Crippen LogP contribution in [0.4, 0.5) is 5.82 Å². The van der Waals surface area contributed by atoms with Gasteiger partial charge in [0.2, 0.25) is 11.8 Å². The van der Waals surface area contributed by atoms with Gasteiger partial charge in [0.15, 0.2) is 0 Å². The molecule has 3 aromatic rings. The molecule has 0 aliphatic heterocycles. The fraction of sp³-hybridized carbons (Fsp3) is 0.500. The van der Waals surface area contributed by atoms with Crippen molar-refractivity contribution in [1.82, 2.24) is 29.5 Å². The van der Waals surface area contributed by atoms with Gasteiger partial charge in [0.25, 0.3) is 5.22 Å². The Kier molecular flexibility index (Phi) is 6.36. The maximum Gasteiger partial charge on any atom is 0.277 e. The third-order valence-electron chi connectivity index (χ3n) is 5.61. The van der Waals surface area contributed by atoms with Gasteiger partial charge in [0.05, 0.1) is 11.3 Å². The van der Waals surface area contributed by atoms with Crippen LogP contribution in [0.3, 0.4) is 0 Å². The molecule has 0 unspecified atom stereocenters. The van der Waals surface area contributed by atoms with E-state index in [1.807, 2.05) is 13.8 Å². The number of amides is 1. The van der Waals surface area contributed by atoms with E-state index in [2.05, 4.69) is 36.2 Å². The van der Waals surface area contributed by atoms with E-state index in [9.17, 15) is 10.1 Å². The van der Waals surface area contributed by atoms with Gasteiger partial charge in [0, 0.05) is 11.7 Å². The van der Waals surface area contributed by atoms with Gasteiger partial charge in [-0.25, -0.2) is 9.67 Å². The molecule has 10 nitrogen and oxygen atoms in total. The minimum Gasteiger partial charge on any atom is -0.414 e. The molecule has 0 spiro atoms. The molecule has 0 bridgehead atoms.